The number of hydrogen-bond donors (Lipinski definition) is 0. The van der Waals surface area contributed by atoms with E-state index in [2.05, 4.69) is 0 Å². The summed E-state index contributed by atoms with van der Waals surface area (Å²) in [5.41, 5.74) is 0.687. The summed E-state index contributed by atoms with van der Waals surface area (Å²) >= 11 is 0. The fourth-order valence-electron chi connectivity index (χ4n) is 3.43. The van der Waals surface area contributed by atoms with Crippen molar-refractivity contribution in [1.29, 1.82) is 0 Å². The smallest absolute Gasteiger partial charge is 0.419 e. The van der Waals surface area contributed by atoms with Gasteiger partial charge in [-0.1, -0.05) is 6.92 Å². The Morgan fingerprint density at radius 1 is 1.10 bits per heavy atom. The van der Waals surface area contributed by atoms with Crippen LogP contribution in [-0.4, -0.2) is 19.7 Å². The highest BCUT2D eigenvalue weighted by Crippen LogP contribution is 2.40. The highest BCUT2D eigenvalue weighted by molar-refractivity contribution is 5.74. The molecule has 0 bridgehead atoms. The van der Waals surface area contributed by atoms with Gasteiger partial charge in [-0.15, -0.1) is 0 Å². The van der Waals surface area contributed by atoms with Crippen molar-refractivity contribution in [3.05, 3.63) is 52.3 Å². The molecular formula is C22H24F4O3. The van der Waals surface area contributed by atoms with Crippen LogP contribution in [0.1, 0.15) is 48.4 Å². The van der Waals surface area contributed by atoms with Crippen LogP contribution in [0.4, 0.5) is 17.6 Å². The van der Waals surface area contributed by atoms with E-state index < -0.39 is 29.4 Å². The Hall–Kier alpha value is -2.57. The van der Waals surface area contributed by atoms with Gasteiger partial charge in [0.1, 0.15) is 11.6 Å². The van der Waals surface area contributed by atoms with Crippen molar-refractivity contribution < 1.29 is 31.8 Å². The molecule has 0 unspecified atom stereocenters. The van der Waals surface area contributed by atoms with Crippen molar-refractivity contribution in [3.8, 4) is 16.9 Å². The molecule has 7 heteroatoms. The lowest BCUT2D eigenvalue weighted by Gasteiger charge is -2.20. The fourth-order valence-corrected chi connectivity index (χ4v) is 3.43. The number of ether oxygens (including phenoxy) is 2. The molecule has 0 saturated heterocycles. The van der Waals surface area contributed by atoms with Crippen LogP contribution in [0.25, 0.3) is 11.1 Å². The molecule has 0 heterocycles. The van der Waals surface area contributed by atoms with E-state index in [-0.39, 0.29) is 24.2 Å². The van der Waals surface area contributed by atoms with Gasteiger partial charge in [0, 0.05) is 0 Å². The molecule has 0 aliphatic heterocycles. The van der Waals surface area contributed by atoms with Crippen LogP contribution in [0.3, 0.4) is 0 Å². The SMILES string of the molecule is CCOC(=O)C[C@H](C)c1cc(-c2c(C)cc(OC)cc2C)cc(C(F)(F)F)c1F. The van der Waals surface area contributed by atoms with Gasteiger partial charge in [-0.05, 0) is 78.8 Å². The molecule has 0 aliphatic carbocycles. The number of rotatable bonds is 6. The summed E-state index contributed by atoms with van der Waals surface area (Å²) in [6, 6.07) is 5.62. The van der Waals surface area contributed by atoms with Gasteiger partial charge in [-0.3, -0.25) is 4.79 Å². The van der Waals surface area contributed by atoms with Gasteiger partial charge in [-0.25, -0.2) is 4.39 Å². The molecule has 2 rings (SSSR count). The molecule has 0 fully saturated rings. The monoisotopic (exact) mass is 412 g/mol. The van der Waals surface area contributed by atoms with Gasteiger partial charge < -0.3 is 9.47 Å². The topological polar surface area (TPSA) is 35.5 Å². The second-order valence-electron chi connectivity index (χ2n) is 6.97. The Morgan fingerprint density at radius 2 is 1.69 bits per heavy atom. The van der Waals surface area contributed by atoms with Crippen molar-refractivity contribution >= 4 is 5.97 Å². The highest BCUT2D eigenvalue weighted by atomic mass is 19.4. The lowest BCUT2D eigenvalue weighted by atomic mass is 9.88. The summed E-state index contributed by atoms with van der Waals surface area (Å²) in [5.74, 6) is -2.15. The standard InChI is InChI=1S/C22H24F4O3/c1-6-29-19(27)9-12(2)17-10-15(11-18(21(17)23)22(24,25)26)20-13(3)7-16(28-5)8-14(20)4/h7-8,10-12H,6,9H2,1-5H3/t12-/m0/s1. The lowest BCUT2D eigenvalue weighted by molar-refractivity contribution is -0.143. The van der Waals surface area contributed by atoms with Gasteiger partial charge in [0.15, 0.2) is 0 Å². The van der Waals surface area contributed by atoms with Crippen LogP contribution >= 0.6 is 0 Å². The summed E-state index contributed by atoms with van der Waals surface area (Å²) in [6.45, 7) is 6.78. The zero-order chi connectivity index (χ0) is 21.9. The number of methoxy groups -OCH3 is 1. The number of hydrogen-bond acceptors (Lipinski definition) is 3. The minimum Gasteiger partial charge on any atom is -0.497 e. The predicted molar refractivity (Wildman–Crippen MR) is 103 cm³/mol. The first-order valence-electron chi connectivity index (χ1n) is 9.21. The van der Waals surface area contributed by atoms with Crippen LogP contribution in [0.5, 0.6) is 5.75 Å². The average molecular weight is 412 g/mol. The second kappa shape index (κ2) is 8.84. The minimum absolute atomic E-state index is 0.145. The van der Waals surface area contributed by atoms with E-state index in [0.717, 1.165) is 6.07 Å². The third-order valence-corrected chi connectivity index (χ3v) is 4.75. The van der Waals surface area contributed by atoms with Gasteiger partial charge in [-0.2, -0.15) is 13.2 Å². The molecule has 0 radical (unpaired) electrons. The molecule has 3 nitrogen and oxygen atoms in total. The van der Waals surface area contributed by atoms with E-state index >= 15 is 0 Å². The van der Waals surface area contributed by atoms with Crippen LogP contribution in [0, 0.1) is 19.7 Å². The summed E-state index contributed by atoms with van der Waals surface area (Å²) in [5, 5.41) is 0. The van der Waals surface area contributed by atoms with E-state index in [1.54, 1.807) is 32.9 Å². The number of esters is 1. The molecule has 29 heavy (non-hydrogen) atoms. The van der Waals surface area contributed by atoms with Gasteiger partial charge in [0.2, 0.25) is 0 Å². The summed E-state index contributed by atoms with van der Waals surface area (Å²) in [6.07, 6.45) is -5.08. The Balaban J connectivity index is 2.67. The second-order valence-corrected chi connectivity index (χ2v) is 6.97. The third kappa shape index (κ3) is 5.08. The van der Waals surface area contributed by atoms with E-state index in [9.17, 15) is 22.4 Å². The molecule has 1 atom stereocenters. The first-order valence-corrected chi connectivity index (χ1v) is 9.21. The van der Waals surface area contributed by atoms with Crippen LogP contribution in [0.2, 0.25) is 0 Å². The zero-order valence-corrected chi connectivity index (χ0v) is 17.0. The minimum atomic E-state index is -4.87. The first kappa shape index (κ1) is 22.7. The molecule has 0 N–H and O–H groups in total. The Bertz CT molecular complexity index is 881. The van der Waals surface area contributed by atoms with Crippen molar-refractivity contribution in [2.45, 2.75) is 46.2 Å². The lowest BCUT2D eigenvalue weighted by Crippen LogP contribution is -2.14. The van der Waals surface area contributed by atoms with Crippen molar-refractivity contribution in [2.24, 2.45) is 0 Å². The Morgan fingerprint density at radius 3 is 2.17 bits per heavy atom. The van der Waals surface area contributed by atoms with Crippen molar-refractivity contribution in [3.63, 3.8) is 0 Å². The van der Waals surface area contributed by atoms with Crippen LogP contribution in [-0.2, 0) is 15.7 Å². The zero-order valence-electron chi connectivity index (χ0n) is 17.0. The number of aryl methyl sites for hydroxylation is 2. The van der Waals surface area contributed by atoms with E-state index in [4.69, 9.17) is 9.47 Å². The molecule has 2 aromatic rings. The maximum absolute atomic E-state index is 14.8. The number of carbonyl (C=O) groups is 1. The van der Waals surface area contributed by atoms with Gasteiger partial charge in [0.25, 0.3) is 0 Å². The third-order valence-electron chi connectivity index (χ3n) is 4.75. The molecule has 0 aromatic heterocycles. The number of halogens is 4. The number of benzene rings is 2. The molecular weight excluding hydrogens is 388 g/mol. The normalized spacial score (nSPS) is 12.6. The first-order chi connectivity index (χ1) is 13.5. The highest BCUT2D eigenvalue weighted by Gasteiger charge is 2.36. The maximum Gasteiger partial charge on any atom is 0.419 e. The largest absolute Gasteiger partial charge is 0.497 e. The molecule has 0 spiro atoms. The summed E-state index contributed by atoms with van der Waals surface area (Å²) in [7, 11) is 1.50. The molecule has 158 valence electrons. The maximum atomic E-state index is 14.8. The van der Waals surface area contributed by atoms with Crippen molar-refractivity contribution in [2.75, 3.05) is 13.7 Å². The summed E-state index contributed by atoms with van der Waals surface area (Å²) in [4.78, 5) is 11.8. The predicted octanol–water partition coefficient (Wildman–Crippen LogP) is 6.19. The van der Waals surface area contributed by atoms with Gasteiger partial charge >= 0.3 is 12.1 Å². The Labute approximate surface area is 167 Å². The van der Waals surface area contributed by atoms with E-state index in [1.807, 2.05) is 0 Å². The average Bonchev–Trinajstić information content (AvgIpc) is 2.61. The molecule has 0 amide bonds. The van der Waals surface area contributed by atoms with Crippen molar-refractivity contribution in [1.82, 2.24) is 0 Å². The van der Waals surface area contributed by atoms with E-state index in [1.165, 1.54) is 20.1 Å². The van der Waals surface area contributed by atoms with E-state index in [0.29, 0.717) is 22.4 Å². The molecule has 0 saturated carbocycles. The Kier molecular flexibility index (Phi) is 6.93. The quantitative estimate of drug-likeness (QED) is 0.419. The van der Waals surface area contributed by atoms with Gasteiger partial charge in [0.05, 0.1) is 25.7 Å². The number of alkyl halides is 3. The van der Waals surface area contributed by atoms with Crippen LogP contribution in [0.15, 0.2) is 24.3 Å². The molecule has 2 aromatic carbocycles. The molecule has 0 aliphatic rings. The van der Waals surface area contributed by atoms with Crippen LogP contribution < -0.4 is 4.74 Å². The summed E-state index contributed by atoms with van der Waals surface area (Å²) < 4.78 is 65.5. The number of carbonyl (C=O) groups excluding carboxylic acids is 1. The fraction of sp³-hybridized carbons (Fsp3) is 0.409.